The largest absolute Gasteiger partial charge is 0.355 e. The molecule has 1 N–H and O–H groups in total. The number of hydrogen-bond donors (Lipinski definition) is 1. The molecule has 0 spiro atoms. The lowest BCUT2D eigenvalue weighted by Crippen LogP contribution is -2.37. The summed E-state index contributed by atoms with van der Waals surface area (Å²) in [4.78, 5) is 16.2. The Hall–Kier alpha value is -0.750. The fourth-order valence-electron chi connectivity index (χ4n) is 1.42. The van der Waals surface area contributed by atoms with E-state index in [2.05, 4.69) is 10.3 Å². The molecule has 1 aromatic heterocycles. The van der Waals surface area contributed by atoms with E-state index in [1.165, 1.54) is 0 Å². The minimum absolute atomic E-state index is 0.141. The van der Waals surface area contributed by atoms with Crippen LogP contribution in [0.4, 0.5) is 0 Å². The fraction of sp³-hybridized carbons (Fsp3) is 0.692. The molecule has 0 fully saturated rings. The molecule has 0 unspecified atom stereocenters. The molecular weight excluding hydrogens is 280 g/mol. The van der Waals surface area contributed by atoms with Crippen molar-refractivity contribution >= 4 is 28.0 Å². The average molecular weight is 302 g/mol. The first kappa shape index (κ1) is 16.3. The minimum atomic E-state index is -1.22. The molecule has 1 amide bonds. The van der Waals surface area contributed by atoms with E-state index in [-0.39, 0.29) is 5.91 Å². The van der Waals surface area contributed by atoms with Crippen molar-refractivity contribution in [3.05, 3.63) is 16.1 Å². The van der Waals surface area contributed by atoms with E-state index < -0.39 is 16.0 Å². The number of hydrogen-bond acceptors (Lipinski definition) is 4. The molecule has 1 rings (SSSR count). The van der Waals surface area contributed by atoms with Crippen molar-refractivity contribution in [2.24, 2.45) is 5.92 Å². The van der Waals surface area contributed by atoms with Gasteiger partial charge >= 0.3 is 0 Å². The summed E-state index contributed by atoms with van der Waals surface area (Å²) in [5, 5.41) is 5.29. The van der Waals surface area contributed by atoms with E-state index in [4.69, 9.17) is 0 Å². The lowest BCUT2D eigenvalue weighted by atomic mass is 10.2. The molecule has 0 aliphatic carbocycles. The highest BCUT2D eigenvalue weighted by Crippen LogP contribution is 2.13. The van der Waals surface area contributed by atoms with Crippen LogP contribution in [0.25, 0.3) is 0 Å². The number of carbonyl (C=O) groups is 1. The maximum Gasteiger partial charge on any atom is 0.235 e. The summed E-state index contributed by atoms with van der Waals surface area (Å²) in [7, 11) is -1.22. The Kier molecular flexibility index (Phi) is 6.65. The Bertz CT molecular complexity index is 444. The van der Waals surface area contributed by atoms with Crippen molar-refractivity contribution in [3.8, 4) is 0 Å². The summed E-state index contributed by atoms with van der Waals surface area (Å²) >= 11 is 1.58. The van der Waals surface area contributed by atoms with E-state index in [1.807, 2.05) is 26.2 Å². The van der Waals surface area contributed by atoms with Crippen molar-refractivity contribution in [1.82, 2.24) is 10.3 Å². The number of aromatic nitrogens is 1. The van der Waals surface area contributed by atoms with Gasteiger partial charge in [-0.25, -0.2) is 4.98 Å². The molecule has 0 bridgehead atoms. The van der Waals surface area contributed by atoms with E-state index in [0.717, 1.165) is 17.1 Å². The molecule has 0 saturated heterocycles. The Labute approximate surface area is 121 Å². The number of amides is 1. The van der Waals surface area contributed by atoms with Crippen LogP contribution < -0.4 is 5.32 Å². The SMILES string of the molecule is CCc1nc(C[S@@](=O)[C@@H](C)C(=O)NCC(C)C)cs1. The fourth-order valence-corrected chi connectivity index (χ4v) is 3.28. The van der Waals surface area contributed by atoms with Crippen molar-refractivity contribution in [2.75, 3.05) is 6.54 Å². The Morgan fingerprint density at radius 2 is 2.16 bits per heavy atom. The van der Waals surface area contributed by atoms with Gasteiger partial charge in [-0.1, -0.05) is 20.8 Å². The Balaban J connectivity index is 2.50. The second kappa shape index (κ2) is 7.75. The smallest absolute Gasteiger partial charge is 0.235 e. The standard InChI is InChI=1S/C13H22N2O2S2/c1-5-12-15-11(7-18-12)8-19(17)10(4)13(16)14-6-9(2)3/h7,9-10H,5-6,8H2,1-4H3,(H,14,16)/t10-,19+/m0/s1. The Morgan fingerprint density at radius 3 is 2.68 bits per heavy atom. The van der Waals surface area contributed by atoms with E-state index >= 15 is 0 Å². The first-order chi connectivity index (χ1) is 8.93. The third-order valence-corrected chi connectivity index (χ3v) is 5.27. The molecule has 6 heteroatoms. The highest BCUT2D eigenvalue weighted by molar-refractivity contribution is 7.85. The molecule has 19 heavy (non-hydrogen) atoms. The number of carbonyl (C=O) groups excluding carboxylic acids is 1. The van der Waals surface area contributed by atoms with Gasteiger partial charge in [-0.15, -0.1) is 11.3 Å². The van der Waals surface area contributed by atoms with Crippen LogP contribution in [-0.4, -0.2) is 26.9 Å². The number of aryl methyl sites for hydroxylation is 1. The highest BCUT2D eigenvalue weighted by Gasteiger charge is 2.20. The van der Waals surface area contributed by atoms with Crippen molar-refractivity contribution < 1.29 is 9.00 Å². The van der Waals surface area contributed by atoms with E-state index in [0.29, 0.717) is 18.2 Å². The maximum atomic E-state index is 12.1. The number of thiazole rings is 1. The van der Waals surface area contributed by atoms with Crippen LogP contribution in [0, 0.1) is 5.92 Å². The van der Waals surface area contributed by atoms with Gasteiger partial charge < -0.3 is 5.32 Å². The predicted octanol–water partition coefficient (Wildman–Crippen LogP) is 2.11. The minimum Gasteiger partial charge on any atom is -0.355 e. The zero-order valence-electron chi connectivity index (χ0n) is 11.9. The lowest BCUT2D eigenvalue weighted by Gasteiger charge is -2.12. The van der Waals surface area contributed by atoms with Crippen LogP contribution in [-0.2, 0) is 27.8 Å². The normalized spacial score (nSPS) is 14.4. The summed E-state index contributed by atoms with van der Waals surface area (Å²) in [6.07, 6.45) is 0.891. The molecular formula is C13H22N2O2S2. The molecule has 1 heterocycles. The van der Waals surface area contributed by atoms with Crippen LogP contribution in [0.15, 0.2) is 5.38 Å². The summed E-state index contributed by atoms with van der Waals surface area (Å²) < 4.78 is 12.1. The highest BCUT2D eigenvalue weighted by atomic mass is 32.2. The summed E-state index contributed by atoms with van der Waals surface area (Å²) in [5.41, 5.74) is 0.823. The van der Waals surface area contributed by atoms with E-state index in [9.17, 15) is 9.00 Å². The van der Waals surface area contributed by atoms with Crippen molar-refractivity contribution in [1.29, 1.82) is 0 Å². The third-order valence-electron chi connectivity index (χ3n) is 2.64. The van der Waals surface area contributed by atoms with Crippen LogP contribution in [0.2, 0.25) is 0 Å². The molecule has 1 aromatic rings. The van der Waals surface area contributed by atoms with Gasteiger partial charge in [-0.2, -0.15) is 0 Å². The zero-order chi connectivity index (χ0) is 14.4. The number of nitrogens with zero attached hydrogens (tertiary/aromatic N) is 1. The van der Waals surface area contributed by atoms with Crippen LogP contribution >= 0.6 is 11.3 Å². The van der Waals surface area contributed by atoms with Crippen molar-refractivity contribution in [2.45, 2.75) is 45.1 Å². The first-order valence-electron chi connectivity index (χ1n) is 6.52. The topological polar surface area (TPSA) is 59.1 Å². The van der Waals surface area contributed by atoms with Crippen LogP contribution in [0.1, 0.15) is 38.4 Å². The van der Waals surface area contributed by atoms with Gasteiger partial charge in [0.2, 0.25) is 5.91 Å². The lowest BCUT2D eigenvalue weighted by molar-refractivity contribution is -0.120. The first-order valence-corrected chi connectivity index (χ1v) is 8.78. The monoisotopic (exact) mass is 302 g/mol. The molecule has 0 aliphatic rings. The maximum absolute atomic E-state index is 12.1. The van der Waals surface area contributed by atoms with Gasteiger partial charge in [0.25, 0.3) is 0 Å². The molecule has 0 saturated carbocycles. The quantitative estimate of drug-likeness (QED) is 0.839. The molecule has 0 radical (unpaired) electrons. The number of rotatable bonds is 7. The van der Waals surface area contributed by atoms with Crippen molar-refractivity contribution in [3.63, 3.8) is 0 Å². The summed E-state index contributed by atoms with van der Waals surface area (Å²) in [6, 6.07) is 0. The summed E-state index contributed by atoms with van der Waals surface area (Å²) in [5.74, 6) is 0.612. The van der Waals surface area contributed by atoms with E-state index in [1.54, 1.807) is 18.3 Å². The molecule has 4 nitrogen and oxygen atoms in total. The van der Waals surface area contributed by atoms with Gasteiger partial charge in [0.05, 0.1) is 16.5 Å². The summed E-state index contributed by atoms with van der Waals surface area (Å²) in [6.45, 7) is 8.43. The van der Waals surface area contributed by atoms with Gasteiger partial charge in [0.1, 0.15) is 5.25 Å². The third kappa shape index (κ3) is 5.40. The predicted molar refractivity (Wildman–Crippen MR) is 80.6 cm³/mol. The van der Waals surface area contributed by atoms with Gasteiger partial charge in [-0.3, -0.25) is 9.00 Å². The second-order valence-corrected chi connectivity index (χ2v) is 7.59. The van der Waals surface area contributed by atoms with Gasteiger partial charge in [-0.05, 0) is 19.3 Å². The second-order valence-electron chi connectivity index (χ2n) is 4.89. The molecule has 2 atom stereocenters. The van der Waals surface area contributed by atoms with Crippen LogP contribution in [0.3, 0.4) is 0 Å². The zero-order valence-corrected chi connectivity index (χ0v) is 13.6. The molecule has 0 aliphatic heterocycles. The van der Waals surface area contributed by atoms with Gasteiger partial charge in [0.15, 0.2) is 0 Å². The van der Waals surface area contributed by atoms with Gasteiger partial charge in [0, 0.05) is 22.7 Å². The molecule has 108 valence electrons. The molecule has 0 aromatic carbocycles. The Morgan fingerprint density at radius 1 is 1.47 bits per heavy atom. The van der Waals surface area contributed by atoms with Crippen LogP contribution in [0.5, 0.6) is 0 Å². The number of nitrogens with one attached hydrogen (secondary N) is 1. The average Bonchev–Trinajstić information content (AvgIpc) is 2.82.